The van der Waals surface area contributed by atoms with Gasteiger partial charge in [-0.25, -0.2) is 0 Å². The van der Waals surface area contributed by atoms with E-state index in [2.05, 4.69) is 65.8 Å². The van der Waals surface area contributed by atoms with Crippen LogP contribution in [0.1, 0.15) is 36.7 Å². The van der Waals surface area contributed by atoms with Gasteiger partial charge in [0.25, 0.3) is 0 Å². The van der Waals surface area contributed by atoms with E-state index in [9.17, 15) is 0 Å². The van der Waals surface area contributed by atoms with E-state index < -0.39 is 0 Å². The highest BCUT2D eigenvalue weighted by Gasteiger charge is 2.15. The molecule has 1 aromatic carbocycles. The first kappa shape index (κ1) is 14.7. The summed E-state index contributed by atoms with van der Waals surface area (Å²) in [5.74, 6) is 1.16. The molecule has 1 heterocycles. The molecule has 0 bridgehead atoms. The lowest BCUT2D eigenvalue weighted by atomic mass is 9.94. The summed E-state index contributed by atoms with van der Waals surface area (Å²) < 4.78 is 0. The molecular formula is C15H23N5. The summed E-state index contributed by atoms with van der Waals surface area (Å²) >= 11 is 0. The summed E-state index contributed by atoms with van der Waals surface area (Å²) in [7, 11) is 1.80. The van der Waals surface area contributed by atoms with E-state index in [1.54, 1.807) is 7.05 Å². The van der Waals surface area contributed by atoms with E-state index in [-0.39, 0.29) is 0 Å². The molecule has 20 heavy (non-hydrogen) atoms. The van der Waals surface area contributed by atoms with E-state index in [4.69, 9.17) is 0 Å². The average Bonchev–Trinajstić information content (AvgIpc) is 2.81. The van der Waals surface area contributed by atoms with E-state index in [1.165, 1.54) is 15.9 Å². The van der Waals surface area contributed by atoms with Crippen LogP contribution in [0, 0.1) is 6.92 Å². The molecule has 1 aromatic heterocycles. The predicted octanol–water partition coefficient (Wildman–Crippen LogP) is 1.84. The zero-order chi connectivity index (χ0) is 14.5. The fourth-order valence-corrected chi connectivity index (χ4v) is 2.15. The molecule has 0 aliphatic rings. The molecule has 0 aliphatic heterocycles. The molecule has 1 atom stereocenters. The van der Waals surface area contributed by atoms with Gasteiger partial charge in [0.05, 0.1) is 7.05 Å². The molecule has 1 N–H and O–H groups in total. The van der Waals surface area contributed by atoms with Crippen LogP contribution in [0.15, 0.2) is 24.3 Å². The maximum absolute atomic E-state index is 4.29. The third-order valence-corrected chi connectivity index (χ3v) is 3.30. The van der Waals surface area contributed by atoms with Crippen LogP contribution in [-0.4, -0.2) is 32.8 Å². The lowest BCUT2D eigenvalue weighted by Crippen LogP contribution is -2.29. The SMILES string of the molecule is Cc1ccc(C(CNC(C)C)Cc2nnn(C)n2)cc1. The minimum atomic E-state index is 0.363. The average molecular weight is 273 g/mol. The second-order valence-electron chi connectivity index (χ2n) is 5.57. The minimum Gasteiger partial charge on any atom is -0.314 e. The predicted molar refractivity (Wildman–Crippen MR) is 79.6 cm³/mol. The Labute approximate surface area is 120 Å². The Morgan fingerprint density at radius 1 is 1.20 bits per heavy atom. The van der Waals surface area contributed by atoms with Crippen molar-refractivity contribution in [3.8, 4) is 0 Å². The molecule has 5 heteroatoms. The molecular weight excluding hydrogens is 250 g/mol. The Morgan fingerprint density at radius 2 is 1.90 bits per heavy atom. The first-order valence-electron chi connectivity index (χ1n) is 7.07. The number of tetrazole rings is 1. The van der Waals surface area contributed by atoms with Crippen molar-refractivity contribution in [1.82, 2.24) is 25.5 Å². The molecule has 2 aromatic rings. The van der Waals surface area contributed by atoms with Crippen molar-refractivity contribution in [3.63, 3.8) is 0 Å². The first-order chi connectivity index (χ1) is 9.54. The van der Waals surface area contributed by atoms with Crippen LogP contribution in [0.5, 0.6) is 0 Å². The first-order valence-corrected chi connectivity index (χ1v) is 7.07. The fourth-order valence-electron chi connectivity index (χ4n) is 2.15. The van der Waals surface area contributed by atoms with Gasteiger partial charge >= 0.3 is 0 Å². The third-order valence-electron chi connectivity index (χ3n) is 3.30. The van der Waals surface area contributed by atoms with Crippen molar-refractivity contribution in [3.05, 3.63) is 41.2 Å². The Kier molecular flexibility index (Phi) is 4.84. The van der Waals surface area contributed by atoms with Crippen LogP contribution in [0.25, 0.3) is 0 Å². The van der Waals surface area contributed by atoms with Crippen LogP contribution in [0.4, 0.5) is 0 Å². The third kappa shape index (κ3) is 4.13. The van der Waals surface area contributed by atoms with Gasteiger partial charge in [-0.05, 0) is 17.7 Å². The van der Waals surface area contributed by atoms with Crippen molar-refractivity contribution in [2.75, 3.05) is 6.54 Å². The Bertz CT molecular complexity index is 529. The van der Waals surface area contributed by atoms with Gasteiger partial charge in [0, 0.05) is 24.9 Å². The van der Waals surface area contributed by atoms with Gasteiger partial charge in [0.1, 0.15) is 0 Å². The standard InChI is InChI=1S/C15H23N5/c1-11(2)16-10-14(9-15-17-19-20(4)18-15)13-7-5-12(3)6-8-13/h5-8,11,14,16H,9-10H2,1-4H3. The van der Waals surface area contributed by atoms with Crippen molar-refractivity contribution < 1.29 is 0 Å². The maximum Gasteiger partial charge on any atom is 0.175 e. The number of rotatable bonds is 6. The van der Waals surface area contributed by atoms with E-state index in [1.807, 2.05) is 0 Å². The smallest absolute Gasteiger partial charge is 0.175 e. The molecule has 0 spiro atoms. The van der Waals surface area contributed by atoms with Crippen molar-refractivity contribution >= 4 is 0 Å². The Balaban J connectivity index is 2.13. The highest BCUT2D eigenvalue weighted by Crippen LogP contribution is 2.19. The van der Waals surface area contributed by atoms with E-state index >= 15 is 0 Å². The number of aryl methyl sites for hydroxylation is 2. The van der Waals surface area contributed by atoms with Crippen LogP contribution in [0.2, 0.25) is 0 Å². The van der Waals surface area contributed by atoms with Gasteiger partial charge in [-0.15, -0.1) is 10.2 Å². The summed E-state index contributed by atoms with van der Waals surface area (Å²) in [5, 5.41) is 15.8. The van der Waals surface area contributed by atoms with Crippen LogP contribution < -0.4 is 5.32 Å². The minimum absolute atomic E-state index is 0.363. The molecule has 0 saturated heterocycles. The van der Waals surface area contributed by atoms with Gasteiger partial charge < -0.3 is 5.32 Å². The molecule has 0 fully saturated rings. The molecule has 5 nitrogen and oxygen atoms in total. The lowest BCUT2D eigenvalue weighted by molar-refractivity contribution is 0.519. The quantitative estimate of drug-likeness (QED) is 0.872. The molecule has 2 rings (SSSR count). The Hall–Kier alpha value is -1.75. The Morgan fingerprint density at radius 3 is 2.45 bits per heavy atom. The fraction of sp³-hybridized carbons (Fsp3) is 0.533. The number of hydrogen-bond acceptors (Lipinski definition) is 4. The number of nitrogens with one attached hydrogen (secondary N) is 1. The lowest BCUT2D eigenvalue weighted by Gasteiger charge is -2.18. The van der Waals surface area contributed by atoms with E-state index in [0.717, 1.165) is 18.8 Å². The summed E-state index contributed by atoms with van der Waals surface area (Å²) in [6, 6.07) is 9.16. The monoisotopic (exact) mass is 273 g/mol. The molecule has 0 aliphatic carbocycles. The topological polar surface area (TPSA) is 55.6 Å². The largest absolute Gasteiger partial charge is 0.314 e. The van der Waals surface area contributed by atoms with Crippen molar-refractivity contribution in [1.29, 1.82) is 0 Å². The number of aromatic nitrogens is 4. The van der Waals surface area contributed by atoms with Crippen molar-refractivity contribution in [2.45, 2.75) is 39.2 Å². The van der Waals surface area contributed by atoms with Gasteiger partial charge in [0.2, 0.25) is 0 Å². The molecule has 0 radical (unpaired) electrons. The molecule has 108 valence electrons. The van der Waals surface area contributed by atoms with Crippen LogP contribution in [-0.2, 0) is 13.5 Å². The molecule has 0 saturated carbocycles. The van der Waals surface area contributed by atoms with Gasteiger partial charge in [-0.2, -0.15) is 4.80 Å². The van der Waals surface area contributed by atoms with Gasteiger partial charge in [-0.3, -0.25) is 0 Å². The summed E-state index contributed by atoms with van der Waals surface area (Å²) in [5.41, 5.74) is 2.60. The maximum atomic E-state index is 4.29. The number of benzene rings is 1. The second kappa shape index (κ2) is 6.61. The zero-order valence-electron chi connectivity index (χ0n) is 12.7. The van der Waals surface area contributed by atoms with Gasteiger partial charge in [-0.1, -0.05) is 43.7 Å². The van der Waals surface area contributed by atoms with Crippen LogP contribution in [0.3, 0.4) is 0 Å². The summed E-state index contributed by atoms with van der Waals surface area (Å²) in [6.07, 6.45) is 0.802. The highest BCUT2D eigenvalue weighted by atomic mass is 15.6. The molecule has 0 amide bonds. The summed E-state index contributed by atoms with van der Waals surface area (Å²) in [4.78, 5) is 1.51. The highest BCUT2D eigenvalue weighted by molar-refractivity contribution is 5.25. The number of nitrogens with zero attached hydrogens (tertiary/aromatic N) is 4. The second-order valence-corrected chi connectivity index (χ2v) is 5.57. The zero-order valence-corrected chi connectivity index (χ0v) is 12.7. The van der Waals surface area contributed by atoms with E-state index in [0.29, 0.717) is 12.0 Å². The molecule has 1 unspecified atom stereocenters. The van der Waals surface area contributed by atoms with Crippen LogP contribution >= 0.6 is 0 Å². The van der Waals surface area contributed by atoms with Crippen molar-refractivity contribution in [2.24, 2.45) is 7.05 Å². The normalized spacial score (nSPS) is 12.8. The van der Waals surface area contributed by atoms with Gasteiger partial charge in [0.15, 0.2) is 5.82 Å². The summed E-state index contributed by atoms with van der Waals surface area (Å²) in [6.45, 7) is 7.34. The number of hydrogen-bond donors (Lipinski definition) is 1.